The van der Waals surface area contributed by atoms with Gasteiger partial charge in [0.2, 0.25) is 0 Å². The molecule has 3 heteroatoms. The van der Waals surface area contributed by atoms with Crippen LogP contribution < -0.4 is 5.32 Å². The van der Waals surface area contributed by atoms with Gasteiger partial charge in [-0.1, -0.05) is 53.6 Å². The SMILES string of the molecule is Cc1ccc(C(=O)N[C@@H](c2ccc(C)cc2)c2cccnc2)cc1. The van der Waals surface area contributed by atoms with Crippen LogP contribution in [0.4, 0.5) is 0 Å². The molecule has 3 aromatic rings. The van der Waals surface area contributed by atoms with E-state index in [1.54, 1.807) is 12.4 Å². The van der Waals surface area contributed by atoms with Crippen molar-refractivity contribution in [2.45, 2.75) is 19.9 Å². The quantitative estimate of drug-likeness (QED) is 0.783. The second-order valence-corrected chi connectivity index (χ2v) is 5.97. The first-order chi connectivity index (χ1) is 11.6. The maximum atomic E-state index is 12.6. The Balaban J connectivity index is 1.91. The lowest BCUT2D eigenvalue weighted by molar-refractivity contribution is 0.0943. The summed E-state index contributed by atoms with van der Waals surface area (Å²) >= 11 is 0. The van der Waals surface area contributed by atoms with Crippen molar-refractivity contribution in [3.05, 3.63) is 101 Å². The number of hydrogen-bond acceptors (Lipinski definition) is 2. The number of amides is 1. The highest BCUT2D eigenvalue weighted by Gasteiger charge is 2.18. The highest BCUT2D eigenvalue weighted by molar-refractivity contribution is 5.94. The predicted octanol–water partition coefficient (Wildman–Crippen LogP) is 4.22. The van der Waals surface area contributed by atoms with Crippen LogP contribution in [0, 0.1) is 13.8 Å². The number of carbonyl (C=O) groups excluding carboxylic acids is 1. The Kier molecular flexibility index (Phi) is 4.71. The van der Waals surface area contributed by atoms with Crippen molar-refractivity contribution in [2.24, 2.45) is 0 Å². The number of pyridine rings is 1. The molecular formula is C21H20N2O. The summed E-state index contributed by atoms with van der Waals surface area (Å²) in [5.74, 6) is -0.0931. The number of rotatable bonds is 4. The van der Waals surface area contributed by atoms with Gasteiger partial charge in [0.25, 0.3) is 5.91 Å². The molecule has 0 aliphatic heterocycles. The third-order valence-electron chi connectivity index (χ3n) is 4.02. The summed E-state index contributed by atoms with van der Waals surface area (Å²) in [7, 11) is 0. The molecule has 3 nitrogen and oxygen atoms in total. The van der Waals surface area contributed by atoms with Crippen molar-refractivity contribution < 1.29 is 4.79 Å². The van der Waals surface area contributed by atoms with E-state index in [1.165, 1.54) is 5.56 Å². The van der Waals surface area contributed by atoms with E-state index in [-0.39, 0.29) is 11.9 Å². The highest BCUT2D eigenvalue weighted by atomic mass is 16.1. The number of carbonyl (C=O) groups is 1. The maximum absolute atomic E-state index is 12.6. The van der Waals surface area contributed by atoms with Crippen LogP contribution >= 0.6 is 0 Å². The fourth-order valence-electron chi connectivity index (χ4n) is 2.58. The third-order valence-corrected chi connectivity index (χ3v) is 4.02. The first-order valence-corrected chi connectivity index (χ1v) is 7.97. The van der Waals surface area contributed by atoms with Gasteiger partial charge in [0.1, 0.15) is 0 Å². The average molecular weight is 316 g/mol. The van der Waals surface area contributed by atoms with Crippen molar-refractivity contribution in [1.29, 1.82) is 0 Å². The monoisotopic (exact) mass is 316 g/mol. The van der Waals surface area contributed by atoms with Crippen LogP contribution in [-0.2, 0) is 0 Å². The Hall–Kier alpha value is -2.94. The van der Waals surface area contributed by atoms with E-state index in [0.29, 0.717) is 5.56 Å². The molecule has 0 radical (unpaired) electrons. The molecule has 0 aliphatic rings. The largest absolute Gasteiger partial charge is 0.341 e. The molecule has 1 aromatic heterocycles. The van der Waals surface area contributed by atoms with Gasteiger partial charge in [-0.2, -0.15) is 0 Å². The van der Waals surface area contributed by atoms with Gasteiger partial charge in [0.15, 0.2) is 0 Å². The lowest BCUT2D eigenvalue weighted by atomic mass is 9.98. The molecule has 2 aromatic carbocycles. The van der Waals surface area contributed by atoms with Gasteiger partial charge in [-0.3, -0.25) is 9.78 Å². The van der Waals surface area contributed by atoms with Crippen LogP contribution in [0.15, 0.2) is 73.1 Å². The normalized spacial score (nSPS) is 11.8. The number of nitrogens with zero attached hydrogens (tertiary/aromatic N) is 1. The van der Waals surface area contributed by atoms with E-state index in [1.807, 2.05) is 62.4 Å². The summed E-state index contributed by atoms with van der Waals surface area (Å²) in [5, 5.41) is 3.13. The molecule has 3 rings (SSSR count). The smallest absolute Gasteiger partial charge is 0.252 e. The van der Waals surface area contributed by atoms with Crippen LogP contribution in [0.3, 0.4) is 0 Å². The summed E-state index contributed by atoms with van der Waals surface area (Å²) in [6.45, 7) is 4.06. The molecule has 1 atom stereocenters. The van der Waals surface area contributed by atoms with Crippen molar-refractivity contribution in [2.75, 3.05) is 0 Å². The molecule has 1 amide bonds. The molecule has 120 valence electrons. The van der Waals surface area contributed by atoms with Gasteiger partial charge < -0.3 is 5.32 Å². The third kappa shape index (κ3) is 3.69. The van der Waals surface area contributed by atoms with Crippen LogP contribution in [-0.4, -0.2) is 10.9 Å². The number of hydrogen-bond donors (Lipinski definition) is 1. The molecule has 1 heterocycles. The Morgan fingerprint density at radius 2 is 1.50 bits per heavy atom. The molecular weight excluding hydrogens is 296 g/mol. The van der Waals surface area contributed by atoms with E-state index in [4.69, 9.17) is 0 Å². The molecule has 0 bridgehead atoms. The zero-order valence-corrected chi connectivity index (χ0v) is 13.9. The average Bonchev–Trinajstić information content (AvgIpc) is 2.62. The Bertz CT molecular complexity index is 809. The molecule has 0 saturated heterocycles. The molecule has 0 saturated carbocycles. The molecule has 0 aliphatic carbocycles. The van der Waals surface area contributed by atoms with Crippen LogP contribution in [0.1, 0.15) is 38.7 Å². The summed E-state index contributed by atoms with van der Waals surface area (Å²) in [5.41, 5.74) is 4.97. The summed E-state index contributed by atoms with van der Waals surface area (Å²) in [6, 6.07) is 19.4. The molecule has 24 heavy (non-hydrogen) atoms. The van der Waals surface area contributed by atoms with Crippen molar-refractivity contribution >= 4 is 5.91 Å². The number of aromatic nitrogens is 1. The van der Waals surface area contributed by atoms with Crippen molar-refractivity contribution in [3.63, 3.8) is 0 Å². The topological polar surface area (TPSA) is 42.0 Å². The minimum atomic E-state index is -0.229. The van der Waals surface area contributed by atoms with Gasteiger partial charge in [0.05, 0.1) is 6.04 Å². The second-order valence-electron chi connectivity index (χ2n) is 5.97. The lowest BCUT2D eigenvalue weighted by Crippen LogP contribution is -2.29. The Morgan fingerprint density at radius 3 is 2.08 bits per heavy atom. The number of aryl methyl sites for hydroxylation is 2. The van der Waals surface area contributed by atoms with E-state index in [2.05, 4.69) is 22.4 Å². The fourth-order valence-corrected chi connectivity index (χ4v) is 2.58. The van der Waals surface area contributed by atoms with Gasteiger partial charge in [0, 0.05) is 18.0 Å². The summed E-state index contributed by atoms with van der Waals surface area (Å²) in [4.78, 5) is 16.8. The van der Waals surface area contributed by atoms with Crippen LogP contribution in [0.25, 0.3) is 0 Å². The minimum absolute atomic E-state index is 0.0931. The van der Waals surface area contributed by atoms with E-state index in [9.17, 15) is 4.79 Å². The van der Waals surface area contributed by atoms with Gasteiger partial charge >= 0.3 is 0 Å². The zero-order chi connectivity index (χ0) is 16.9. The predicted molar refractivity (Wildman–Crippen MR) is 95.9 cm³/mol. The zero-order valence-electron chi connectivity index (χ0n) is 13.9. The first-order valence-electron chi connectivity index (χ1n) is 7.97. The van der Waals surface area contributed by atoms with Crippen LogP contribution in [0.2, 0.25) is 0 Å². The summed E-state index contributed by atoms with van der Waals surface area (Å²) < 4.78 is 0. The van der Waals surface area contributed by atoms with Gasteiger partial charge in [-0.25, -0.2) is 0 Å². The molecule has 1 N–H and O–H groups in total. The second kappa shape index (κ2) is 7.09. The highest BCUT2D eigenvalue weighted by Crippen LogP contribution is 2.22. The summed E-state index contributed by atoms with van der Waals surface area (Å²) in [6.07, 6.45) is 3.53. The minimum Gasteiger partial charge on any atom is -0.341 e. The lowest BCUT2D eigenvalue weighted by Gasteiger charge is -2.20. The molecule has 0 fully saturated rings. The van der Waals surface area contributed by atoms with E-state index < -0.39 is 0 Å². The standard InChI is InChI=1S/C21H20N2O/c1-15-5-9-17(10-6-15)20(19-4-3-13-22-14-19)23-21(24)18-11-7-16(2)8-12-18/h3-14,20H,1-2H3,(H,23,24)/t20-/m0/s1. The maximum Gasteiger partial charge on any atom is 0.252 e. The van der Waals surface area contributed by atoms with E-state index in [0.717, 1.165) is 16.7 Å². The molecule has 0 spiro atoms. The van der Waals surface area contributed by atoms with Crippen molar-refractivity contribution in [3.8, 4) is 0 Å². The number of nitrogens with one attached hydrogen (secondary N) is 1. The van der Waals surface area contributed by atoms with Crippen LogP contribution in [0.5, 0.6) is 0 Å². The van der Waals surface area contributed by atoms with Crippen molar-refractivity contribution in [1.82, 2.24) is 10.3 Å². The Labute approximate surface area is 142 Å². The first kappa shape index (κ1) is 15.9. The molecule has 0 unspecified atom stereocenters. The van der Waals surface area contributed by atoms with E-state index >= 15 is 0 Å². The Morgan fingerprint density at radius 1 is 0.875 bits per heavy atom. The van der Waals surface area contributed by atoms with Gasteiger partial charge in [-0.15, -0.1) is 0 Å². The fraction of sp³-hybridized carbons (Fsp3) is 0.143. The van der Waals surface area contributed by atoms with Gasteiger partial charge in [-0.05, 0) is 43.2 Å². The number of benzene rings is 2.